The summed E-state index contributed by atoms with van der Waals surface area (Å²) in [5.74, 6) is -2.86. The molecule has 25 heavy (non-hydrogen) atoms. The van der Waals surface area contributed by atoms with Gasteiger partial charge in [0.15, 0.2) is 0 Å². The molecular formula is C17H19F3N2O3. The first-order chi connectivity index (χ1) is 11.5. The molecular weight excluding hydrogens is 337 g/mol. The van der Waals surface area contributed by atoms with Crippen LogP contribution in [0, 0.1) is 6.92 Å². The number of anilines is 1. The molecule has 0 aromatic heterocycles. The average Bonchev–Trinajstić information content (AvgIpc) is 2.95. The van der Waals surface area contributed by atoms with Crippen molar-refractivity contribution in [2.45, 2.75) is 44.1 Å². The fraction of sp³-hybridized carbons (Fsp3) is 0.529. The number of esters is 1. The lowest BCUT2D eigenvalue weighted by Gasteiger charge is -2.36. The summed E-state index contributed by atoms with van der Waals surface area (Å²) in [6, 6.07) is 4.34. The van der Waals surface area contributed by atoms with Gasteiger partial charge in [-0.15, -0.1) is 0 Å². The number of hydrogen-bond acceptors (Lipinski definition) is 4. The molecule has 0 unspecified atom stereocenters. The molecule has 5 nitrogen and oxygen atoms in total. The number of alkyl halides is 3. The fourth-order valence-corrected chi connectivity index (χ4v) is 4.23. The van der Waals surface area contributed by atoms with Gasteiger partial charge in [0.25, 0.3) is 0 Å². The number of rotatable bonds is 1. The van der Waals surface area contributed by atoms with Crippen molar-refractivity contribution in [2.75, 3.05) is 19.1 Å². The van der Waals surface area contributed by atoms with E-state index in [-0.39, 0.29) is 6.42 Å². The van der Waals surface area contributed by atoms with E-state index in [1.165, 1.54) is 0 Å². The van der Waals surface area contributed by atoms with E-state index in [1.807, 2.05) is 25.1 Å². The van der Waals surface area contributed by atoms with E-state index in [0.29, 0.717) is 4.90 Å². The fourth-order valence-electron chi connectivity index (χ4n) is 4.23. The predicted octanol–water partition coefficient (Wildman–Crippen LogP) is 2.36. The summed E-state index contributed by atoms with van der Waals surface area (Å²) in [5.41, 5.74) is 1.78. The number of likely N-dealkylation sites (tertiary alicyclic amines) is 1. The number of benzene rings is 1. The number of ether oxygens (including phenoxy) is 1. The second kappa shape index (κ2) is 5.37. The standard InChI is InChI=1S/C17H19F3N2O3/c1-9-5-6-10-11(7-9)21(3)14-16(10,2)8-12(13(23)25-4)22(14)15(24)17(18,19)20/h5-7,12,14H,8H2,1-4H3/t12-,14-,16-/m0/s1. The van der Waals surface area contributed by atoms with Crippen LogP contribution in [0.3, 0.4) is 0 Å². The van der Waals surface area contributed by atoms with Gasteiger partial charge in [-0.25, -0.2) is 4.79 Å². The molecule has 1 fully saturated rings. The molecule has 3 atom stereocenters. The molecule has 1 aromatic rings. The van der Waals surface area contributed by atoms with Gasteiger partial charge < -0.3 is 9.64 Å². The van der Waals surface area contributed by atoms with Crippen LogP contribution in [0.2, 0.25) is 0 Å². The first kappa shape index (κ1) is 17.6. The molecule has 136 valence electrons. The third-order valence-corrected chi connectivity index (χ3v) is 5.25. The summed E-state index contributed by atoms with van der Waals surface area (Å²) >= 11 is 0. The summed E-state index contributed by atoms with van der Waals surface area (Å²) in [6.45, 7) is 3.68. The summed E-state index contributed by atoms with van der Waals surface area (Å²) in [5, 5.41) is 0. The third kappa shape index (κ3) is 2.38. The lowest BCUT2D eigenvalue weighted by molar-refractivity contribution is -0.190. The van der Waals surface area contributed by atoms with Crippen LogP contribution in [0.4, 0.5) is 18.9 Å². The largest absolute Gasteiger partial charge is 0.471 e. The highest BCUT2D eigenvalue weighted by molar-refractivity contribution is 5.90. The molecule has 2 aliphatic rings. The Bertz CT molecular complexity index is 749. The number of methoxy groups -OCH3 is 1. The topological polar surface area (TPSA) is 49.9 Å². The number of likely N-dealkylation sites (N-methyl/N-ethyl adjacent to an activating group) is 1. The van der Waals surface area contributed by atoms with E-state index in [4.69, 9.17) is 0 Å². The number of amides is 1. The van der Waals surface area contributed by atoms with Crippen molar-refractivity contribution in [1.29, 1.82) is 0 Å². The zero-order chi connectivity index (χ0) is 18.7. The maximum Gasteiger partial charge on any atom is 0.471 e. The van der Waals surface area contributed by atoms with Crippen molar-refractivity contribution in [3.63, 3.8) is 0 Å². The SMILES string of the molecule is COC(=O)[C@@H]1C[C@@]2(C)c3ccc(C)cc3N(C)[C@H]2N1C(=O)C(F)(F)F. The summed E-state index contributed by atoms with van der Waals surface area (Å²) in [7, 11) is 2.75. The summed E-state index contributed by atoms with van der Waals surface area (Å²) in [4.78, 5) is 26.5. The molecule has 0 spiro atoms. The maximum atomic E-state index is 13.2. The maximum absolute atomic E-state index is 13.2. The second-order valence-electron chi connectivity index (χ2n) is 6.88. The lowest BCUT2D eigenvalue weighted by atomic mass is 9.80. The molecule has 2 heterocycles. The van der Waals surface area contributed by atoms with Gasteiger partial charge in [-0.05, 0) is 30.5 Å². The van der Waals surface area contributed by atoms with Gasteiger partial charge in [0.05, 0.1) is 7.11 Å². The van der Waals surface area contributed by atoms with Crippen molar-refractivity contribution in [3.05, 3.63) is 29.3 Å². The molecule has 0 radical (unpaired) electrons. The van der Waals surface area contributed by atoms with Crippen LogP contribution in [-0.4, -0.2) is 49.3 Å². The Labute approximate surface area is 143 Å². The van der Waals surface area contributed by atoms with E-state index < -0.39 is 35.7 Å². The number of aryl methyl sites for hydroxylation is 1. The molecule has 8 heteroatoms. The van der Waals surface area contributed by atoms with Crippen LogP contribution < -0.4 is 4.90 Å². The van der Waals surface area contributed by atoms with Crippen molar-refractivity contribution < 1.29 is 27.5 Å². The third-order valence-electron chi connectivity index (χ3n) is 5.25. The van der Waals surface area contributed by atoms with E-state index in [1.54, 1.807) is 18.9 Å². The number of nitrogens with zero attached hydrogens (tertiary/aromatic N) is 2. The van der Waals surface area contributed by atoms with Gasteiger partial charge in [-0.1, -0.05) is 19.1 Å². The Hall–Kier alpha value is -2.25. The number of hydrogen-bond donors (Lipinski definition) is 0. The minimum Gasteiger partial charge on any atom is -0.467 e. The molecule has 2 aliphatic heterocycles. The predicted molar refractivity (Wildman–Crippen MR) is 84.0 cm³/mol. The van der Waals surface area contributed by atoms with Gasteiger partial charge >= 0.3 is 18.1 Å². The van der Waals surface area contributed by atoms with Gasteiger partial charge in [0.2, 0.25) is 0 Å². The molecule has 1 aromatic carbocycles. The van der Waals surface area contributed by atoms with E-state index in [2.05, 4.69) is 4.74 Å². The van der Waals surface area contributed by atoms with Crippen molar-refractivity contribution in [1.82, 2.24) is 4.90 Å². The van der Waals surface area contributed by atoms with Crippen LogP contribution >= 0.6 is 0 Å². The summed E-state index contributed by atoms with van der Waals surface area (Å²) < 4.78 is 44.2. The molecule has 1 saturated heterocycles. The highest BCUT2D eigenvalue weighted by atomic mass is 19.4. The average molecular weight is 356 g/mol. The number of carbonyl (C=O) groups excluding carboxylic acids is 2. The number of fused-ring (bicyclic) bond motifs is 3. The lowest BCUT2D eigenvalue weighted by Crippen LogP contribution is -2.56. The van der Waals surface area contributed by atoms with Crippen molar-refractivity contribution >= 4 is 17.6 Å². The first-order valence-electron chi connectivity index (χ1n) is 7.83. The number of carbonyl (C=O) groups is 2. The summed E-state index contributed by atoms with van der Waals surface area (Å²) in [6.07, 6.45) is -5.89. The molecule has 0 aliphatic carbocycles. The minimum absolute atomic E-state index is 0.0760. The van der Waals surface area contributed by atoms with Crippen LogP contribution in [0.25, 0.3) is 0 Å². The van der Waals surface area contributed by atoms with E-state index in [0.717, 1.165) is 23.9 Å². The Morgan fingerprint density at radius 2 is 1.96 bits per heavy atom. The molecule has 1 amide bonds. The van der Waals surface area contributed by atoms with Gasteiger partial charge in [-0.3, -0.25) is 9.69 Å². The zero-order valence-corrected chi connectivity index (χ0v) is 14.3. The Balaban J connectivity index is 2.15. The number of halogens is 3. The minimum atomic E-state index is -5.07. The van der Waals surface area contributed by atoms with Crippen LogP contribution in [0.5, 0.6) is 0 Å². The second-order valence-corrected chi connectivity index (χ2v) is 6.88. The Morgan fingerprint density at radius 1 is 1.32 bits per heavy atom. The van der Waals surface area contributed by atoms with Crippen LogP contribution in [0.1, 0.15) is 24.5 Å². The van der Waals surface area contributed by atoms with Crippen molar-refractivity contribution in [3.8, 4) is 0 Å². The monoisotopic (exact) mass is 356 g/mol. The van der Waals surface area contributed by atoms with E-state index >= 15 is 0 Å². The van der Waals surface area contributed by atoms with Gasteiger partial charge in [-0.2, -0.15) is 13.2 Å². The normalized spacial score (nSPS) is 28.0. The zero-order valence-electron chi connectivity index (χ0n) is 14.3. The first-order valence-corrected chi connectivity index (χ1v) is 7.83. The van der Waals surface area contributed by atoms with Gasteiger partial charge in [0.1, 0.15) is 12.2 Å². The quantitative estimate of drug-likeness (QED) is 0.725. The molecule has 0 saturated carbocycles. The molecule has 0 N–H and O–H groups in total. The molecule has 0 bridgehead atoms. The Kier molecular flexibility index (Phi) is 3.78. The van der Waals surface area contributed by atoms with Crippen molar-refractivity contribution in [2.24, 2.45) is 0 Å². The molecule has 3 rings (SSSR count). The Morgan fingerprint density at radius 3 is 2.52 bits per heavy atom. The smallest absolute Gasteiger partial charge is 0.467 e. The van der Waals surface area contributed by atoms with Gasteiger partial charge in [0, 0.05) is 18.2 Å². The van der Waals surface area contributed by atoms with Crippen LogP contribution in [0.15, 0.2) is 18.2 Å². The van der Waals surface area contributed by atoms with Crippen LogP contribution in [-0.2, 0) is 19.7 Å². The van der Waals surface area contributed by atoms with E-state index in [9.17, 15) is 22.8 Å². The highest BCUT2D eigenvalue weighted by Crippen LogP contribution is 2.54. The highest BCUT2D eigenvalue weighted by Gasteiger charge is 2.63.